The number of hydrogen-bond acceptors (Lipinski definition) is 3. The highest BCUT2D eigenvalue weighted by Crippen LogP contribution is 2.26. The Hall–Kier alpha value is -0.120. The van der Waals surface area contributed by atoms with Gasteiger partial charge in [0.05, 0.1) is 6.61 Å². The number of nitrogens with zero attached hydrogens (tertiary/aromatic N) is 1. The van der Waals surface area contributed by atoms with E-state index in [1.807, 2.05) is 0 Å². The van der Waals surface area contributed by atoms with Crippen molar-refractivity contribution in [3.63, 3.8) is 0 Å². The summed E-state index contributed by atoms with van der Waals surface area (Å²) in [4.78, 5) is 2.44. The SMILES string of the molecule is CC(C)C(C)N(C)C(C)CC(C)(CO)NC1CC1. The Labute approximate surface area is 113 Å². The lowest BCUT2D eigenvalue weighted by molar-refractivity contribution is 0.0956. The van der Waals surface area contributed by atoms with Crippen molar-refractivity contribution in [3.05, 3.63) is 0 Å². The van der Waals surface area contributed by atoms with Gasteiger partial charge in [0.1, 0.15) is 0 Å². The van der Waals surface area contributed by atoms with Gasteiger partial charge >= 0.3 is 0 Å². The summed E-state index contributed by atoms with van der Waals surface area (Å²) in [6.07, 6.45) is 3.53. The van der Waals surface area contributed by atoms with E-state index in [9.17, 15) is 5.11 Å². The maximum absolute atomic E-state index is 9.66. The number of rotatable bonds is 8. The number of hydrogen-bond donors (Lipinski definition) is 2. The summed E-state index contributed by atoms with van der Waals surface area (Å²) in [5, 5.41) is 13.3. The fraction of sp³-hybridized carbons (Fsp3) is 1.00. The molecule has 3 atom stereocenters. The van der Waals surface area contributed by atoms with Crippen molar-refractivity contribution in [2.45, 2.75) is 77.5 Å². The number of nitrogens with one attached hydrogen (secondary N) is 1. The lowest BCUT2D eigenvalue weighted by Crippen LogP contribution is -2.52. The molecule has 0 saturated heterocycles. The molecule has 108 valence electrons. The Bertz CT molecular complexity index is 253. The molecule has 1 fully saturated rings. The van der Waals surface area contributed by atoms with Crippen LogP contribution < -0.4 is 5.32 Å². The molecule has 1 rings (SSSR count). The molecule has 0 amide bonds. The van der Waals surface area contributed by atoms with Crippen LogP contribution in [0.3, 0.4) is 0 Å². The minimum Gasteiger partial charge on any atom is -0.394 e. The van der Waals surface area contributed by atoms with Crippen molar-refractivity contribution >= 4 is 0 Å². The molecule has 0 aliphatic heterocycles. The van der Waals surface area contributed by atoms with E-state index >= 15 is 0 Å². The lowest BCUT2D eigenvalue weighted by Gasteiger charge is -2.39. The van der Waals surface area contributed by atoms with Crippen LogP contribution in [0.5, 0.6) is 0 Å². The molecule has 1 aliphatic carbocycles. The van der Waals surface area contributed by atoms with Crippen molar-refractivity contribution < 1.29 is 5.11 Å². The van der Waals surface area contributed by atoms with Gasteiger partial charge in [0.2, 0.25) is 0 Å². The predicted molar refractivity (Wildman–Crippen MR) is 77.8 cm³/mol. The second-order valence-corrected chi connectivity index (χ2v) is 6.84. The molecular formula is C15H32N2O. The van der Waals surface area contributed by atoms with Crippen LogP contribution in [0.15, 0.2) is 0 Å². The Balaban J connectivity index is 2.51. The summed E-state index contributed by atoms with van der Waals surface area (Å²) in [5.41, 5.74) is -0.133. The first-order chi connectivity index (χ1) is 8.29. The van der Waals surface area contributed by atoms with Gasteiger partial charge in [0, 0.05) is 23.7 Å². The summed E-state index contributed by atoms with van der Waals surface area (Å²) < 4.78 is 0. The third-order valence-electron chi connectivity index (χ3n) is 4.53. The lowest BCUT2D eigenvalue weighted by atomic mass is 9.92. The molecule has 2 N–H and O–H groups in total. The van der Waals surface area contributed by atoms with Gasteiger partial charge in [0.25, 0.3) is 0 Å². The first-order valence-corrected chi connectivity index (χ1v) is 7.39. The van der Waals surface area contributed by atoms with E-state index in [0.29, 0.717) is 24.0 Å². The van der Waals surface area contributed by atoms with Crippen LogP contribution in [0, 0.1) is 5.92 Å². The summed E-state index contributed by atoms with van der Waals surface area (Å²) in [6.45, 7) is 11.4. The molecule has 18 heavy (non-hydrogen) atoms. The quantitative estimate of drug-likeness (QED) is 0.699. The molecule has 0 radical (unpaired) electrons. The van der Waals surface area contributed by atoms with Gasteiger partial charge in [0.15, 0.2) is 0 Å². The molecule has 0 aromatic heterocycles. The number of aliphatic hydroxyl groups is 1. The van der Waals surface area contributed by atoms with Gasteiger partial charge in [-0.1, -0.05) is 13.8 Å². The van der Waals surface area contributed by atoms with E-state index < -0.39 is 0 Å². The van der Waals surface area contributed by atoms with Crippen molar-refractivity contribution in [2.75, 3.05) is 13.7 Å². The van der Waals surface area contributed by atoms with Crippen LogP contribution >= 0.6 is 0 Å². The zero-order valence-electron chi connectivity index (χ0n) is 13.0. The molecule has 3 heteroatoms. The summed E-state index contributed by atoms with van der Waals surface area (Å²) in [7, 11) is 2.20. The monoisotopic (exact) mass is 256 g/mol. The maximum atomic E-state index is 9.66. The van der Waals surface area contributed by atoms with Crippen molar-refractivity contribution in [2.24, 2.45) is 5.92 Å². The topological polar surface area (TPSA) is 35.5 Å². The summed E-state index contributed by atoms with van der Waals surface area (Å²) >= 11 is 0. The van der Waals surface area contributed by atoms with E-state index in [-0.39, 0.29) is 12.1 Å². The third kappa shape index (κ3) is 4.52. The average Bonchev–Trinajstić information content (AvgIpc) is 3.10. The molecule has 0 heterocycles. The predicted octanol–water partition coefficient (Wildman–Crippen LogP) is 2.24. The first kappa shape index (κ1) is 15.9. The van der Waals surface area contributed by atoms with E-state index in [2.05, 4.69) is 51.9 Å². The van der Waals surface area contributed by atoms with Crippen LogP contribution in [-0.4, -0.2) is 47.3 Å². The molecule has 3 unspecified atom stereocenters. The van der Waals surface area contributed by atoms with Gasteiger partial charge in [-0.15, -0.1) is 0 Å². The summed E-state index contributed by atoms with van der Waals surface area (Å²) in [5.74, 6) is 0.661. The van der Waals surface area contributed by atoms with Crippen LogP contribution in [0.25, 0.3) is 0 Å². The molecule has 1 aliphatic rings. The molecule has 0 aromatic rings. The van der Waals surface area contributed by atoms with E-state index in [0.717, 1.165) is 6.42 Å². The van der Waals surface area contributed by atoms with Crippen molar-refractivity contribution in [3.8, 4) is 0 Å². The minimum atomic E-state index is -0.133. The van der Waals surface area contributed by atoms with E-state index in [1.165, 1.54) is 12.8 Å². The highest BCUT2D eigenvalue weighted by atomic mass is 16.3. The Kier molecular flexibility index (Phi) is 5.63. The molecule has 0 spiro atoms. The zero-order valence-corrected chi connectivity index (χ0v) is 13.0. The van der Waals surface area contributed by atoms with Gasteiger partial charge in [-0.2, -0.15) is 0 Å². The molecule has 0 aromatic carbocycles. The summed E-state index contributed by atoms with van der Waals surface area (Å²) in [6, 6.07) is 1.69. The third-order valence-corrected chi connectivity index (χ3v) is 4.53. The largest absolute Gasteiger partial charge is 0.394 e. The molecule has 0 bridgehead atoms. The van der Waals surface area contributed by atoms with E-state index in [4.69, 9.17) is 0 Å². The van der Waals surface area contributed by atoms with Gasteiger partial charge in [-0.05, 0) is 53.0 Å². The fourth-order valence-corrected chi connectivity index (χ4v) is 2.56. The molecule has 1 saturated carbocycles. The second kappa shape index (κ2) is 6.36. The van der Waals surface area contributed by atoms with Crippen LogP contribution in [0.2, 0.25) is 0 Å². The van der Waals surface area contributed by atoms with Gasteiger partial charge < -0.3 is 15.3 Å². The Morgan fingerprint density at radius 3 is 2.22 bits per heavy atom. The first-order valence-electron chi connectivity index (χ1n) is 7.39. The zero-order chi connectivity index (χ0) is 13.9. The standard InChI is InChI=1S/C15H32N2O/c1-11(2)13(4)17(6)12(3)9-15(5,10-18)16-14-7-8-14/h11-14,16,18H,7-10H2,1-6H3. The van der Waals surface area contributed by atoms with Gasteiger partial charge in [-0.3, -0.25) is 0 Å². The average molecular weight is 256 g/mol. The molecule has 3 nitrogen and oxygen atoms in total. The van der Waals surface area contributed by atoms with Crippen molar-refractivity contribution in [1.29, 1.82) is 0 Å². The smallest absolute Gasteiger partial charge is 0.0611 e. The second-order valence-electron chi connectivity index (χ2n) is 6.84. The highest BCUT2D eigenvalue weighted by Gasteiger charge is 2.34. The normalized spacial score (nSPS) is 23.2. The van der Waals surface area contributed by atoms with E-state index in [1.54, 1.807) is 0 Å². The minimum absolute atomic E-state index is 0.133. The van der Waals surface area contributed by atoms with Crippen molar-refractivity contribution in [1.82, 2.24) is 10.2 Å². The van der Waals surface area contributed by atoms with Crippen LogP contribution in [0.4, 0.5) is 0 Å². The van der Waals surface area contributed by atoms with Gasteiger partial charge in [-0.25, -0.2) is 0 Å². The molecular weight excluding hydrogens is 224 g/mol. The number of aliphatic hydroxyl groups excluding tert-OH is 1. The maximum Gasteiger partial charge on any atom is 0.0611 e. The fourth-order valence-electron chi connectivity index (χ4n) is 2.56. The Morgan fingerprint density at radius 1 is 1.28 bits per heavy atom. The van der Waals surface area contributed by atoms with Crippen LogP contribution in [0.1, 0.15) is 53.9 Å². The Morgan fingerprint density at radius 2 is 1.83 bits per heavy atom. The highest BCUT2D eigenvalue weighted by molar-refractivity contribution is 4.94. The van der Waals surface area contributed by atoms with Crippen LogP contribution in [-0.2, 0) is 0 Å².